The van der Waals surface area contributed by atoms with Crippen LogP contribution in [0.15, 0.2) is 16.7 Å². The molecule has 5 heteroatoms. The number of hydrogen-bond acceptors (Lipinski definition) is 4. The van der Waals surface area contributed by atoms with Gasteiger partial charge in [-0.1, -0.05) is 0 Å². The molecule has 78 valence electrons. The lowest BCUT2D eigenvalue weighted by molar-refractivity contribution is 0.195. The molecule has 0 unspecified atom stereocenters. The fourth-order valence-corrected chi connectivity index (χ4v) is 1.81. The molecule has 2 rings (SSSR count). The fourth-order valence-electron chi connectivity index (χ4n) is 1.48. The monoisotopic (exact) mass is 267 g/mol. The minimum atomic E-state index is 0.269. The number of rotatable bonds is 2. The zero-order valence-corrected chi connectivity index (χ0v) is 9.62. The van der Waals surface area contributed by atoms with E-state index in [2.05, 4.69) is 32.3 Å². The van der Waals surface area contributed by atoms with Crippen LogP contribution in [0.1, 0.15) is 12.0 Å². The van der Waals surface area contributed by atoms with Crippen molar-refractivity contribution in [3.8, 4) is 6.07 Å². The van der Waals surface area contributed by atoms with Crippen LogP contribution in [-0.4, -0.2) is 24.2 Å². The summed E-state index contributed by atoms with van der Waals surface area (Å²) in [5.74, 6) is 0.635. The highest BCUT2D eigenvalue weighted by atomic mass is 79.9. The number of halogens is 1. The highest BCUT2D eigenvalue weighted by molar-refractivity contribution is 9.10. The standard InChI is InChI=1S/C10H10BrN3O/c11-8-3-7(4-12)10(13-5-8)14-9-1-2-15-6-9/h3,5,9H,1-2,6H2,(H,13,14)/t9-/m1/s1. The topological polar surface area (TPSA) is 57.9 Å². The maximum atomic E-state index is 8.93. The molecule has 4 nitrogen and oxygen atoms in total. The van der Waals surface area contributed by atoms with Crippen molar-refractivity contribution in [2.75, 3.05) is 18.5 Å². The number of hydrogen-bond donors (Lipinski definition) is 1. The number of nitrogens with zero attached hydrogens (tertiary/aromatic N) is 2. The predicted octanol–water partition coefficient (Wildman–Crippen LogP) is 1.92. The van der Waals surface area contributed by atoms with Gasteiger partial charge in [-0.3, -0.25) is 0 Å². The van der Waals surface area contributed by atoms with Gasteiger partial charge in [-0.15, -0.1) is 0 Å². The van der Waals surface area contributed by atoms with Gasteiger partial charge in [0.15, 0.2) is 0 Å². The summed E-state index contributed by atoms with van der Waals surface area (Å²) < 4.78 is 6.06. The molecule has 0 spiro atoms. The Morgan fingerprint density at radius 3 is 3.20 bits per heavy atom. The summed E-state index contributed by atoms with van der Waals surface area (Å²) >= 11 is 3.28. The van der Waals surface area contributed by atoms with Gasteiger partial charge in [-0.25, -0.2) is 4.98 Å². The molecule has 2 heterocycles. The summed E-state index contributed by atoms with van der Waals surface area (Å²) in [6.45, 7) is 1.46. The molecule has 0 saturated carbocycles. The Morgan fingerprint density at radius 1 is 1.67 bits per heavy atom. The summed E-state index contributed by atoms with van der Waals surface area (Å²) in [7, 11) is 0. The van der Waals surface area contributed by atoms with Crippen LogP contribution in [0.3, 0.4) is 0 Å². The van der Waals surface area contributed by atoms with Gasteiger partial charge in [0, 0.05) is 17.3 Å². The maximum absolute atomic E-state index is 8.93. The molecule has 1 atom stereocenters. The van der Waals surface area contributed by atoms with Crippen molar-refractivity contribution in [2.24, 2.45) is 0 Å². The molecule has 15 heavy (non-hydrogen) atoms. The Hall–Kier alpha value is -1.12. The van der Waals surface area contributed by atoms with Crippen LogP contribution in [0, 0.1) is 11.3 Å². The first-order valence-electron chi connectivity index (χ1n) is 4.69. The summed E-state index contributed by atoms with van der Waals surface area (Å²) in [4.78, 5) is 4.18. The van der Waals surface area contributed by atoms with Crippen LogP contribution < -0.4 is 5.32 Å². The first-order valence-corrected chi connectivity index (χ1v) is 5.49. The minimum Gasteiger partial charge on any atom is -0.379 e. The van der Waals surface area contributed by atoms with Crippen molar-refractivity contribution in [3.05, 3.63) is 22.3 Å². The third kappa shape index (κ3) is 2.46. The highest BCUT2D eigenvalue weighted by Gasteiger charge is 2.17. The smallest absolute Gasteiger partial charge is 0.144 e. The third-order valence-corrected chi connectivity index (χ3v) is 2.68. The first kappa shape index (κ1) is 10.4. The van der Waals surface area contributed by atoms with Gasteiger partial charge >= 0.3 is 0 Å². The zero-order chi connectivity index (χ0) is 10.7. The largest absolute Gasteiger partial charge is 0.379 e. The SMILES string of the molecule is N#Cc1cc(Br)cnc1N[C@@H]1CCOC1. The predicted molar refractivity (Wildman–Crippen MR) is 59.5 cm³/mol. The molecule has 0 bridgehead atoms. The second-order valence-corrected chi connectivity index (χ2v) is 4.28. The number of pyridine rings is 1. The minimum absolute atomic E-state index is 0.269. The Bertz CT molecular complexity index is 396. The lowest BCUT2D eigenvalue weighted by atomic mass is 10.2. The second kappa shape index (κ2) is 4.60. The average molecular weight is 268 g/mol. The molecular formula is C10H10BrN3O. The molecule has 1 aliphatic heterocycles. The van der Waals surface area contributed by atoms with Crippen molar-refractivity contribution < 1.29 is 4.74 Å². The average Bonchev–Trinajstić information content (AvgIpc) is 2.73. The van der Waals surface area contributed by atoms with Crippen LogP contribution >= 0.6 is 15.9 Å². The number of ether oxygens (including phenoxy) is 1. The van der Waals surface area contributed by atoms with E-state index in [1.807, 2.05) is 0 Å². The molecule has 1 aromatic rings. The Labute approximate surface area is 96.4 Å². The molecule has 1 aliphatic rings. The zero-order valence-electron chi connectivity index (χ0n) is 8.03. The molecule has 1 aromatic heterocycles. The summed E-state index contributed by atoms with van der Waals surface area (Å²) in [5, 5.41) is 12.1. The lowest BCUT2D eigenvalue weighted by Crippen LogP contribution is -2.20. The molecule has 1 N–H and O–H groups in total. The lowest BCUT2D eigenvalue weighted by Gasteiger charge is -2.12. The van der Waals surface area contributed by atoms with E-state index in [1.165, 1.54) is 0 Å². The Kier molecular flexibility index (Phi) is 3.19. The molecule has 0 radical (unpaired) electrons. The normalized spacial score (nSPS) is 19.9. The van der Waals surface area contributed by atoms with E-state index < -0.39 is 0 Å². The number of nitrogens with one attached hydrogen (secondary N) is 1. The van der Waals surface area contributed by atoms with E-state index in [0.717, 1.165) is 17.5 Å². The van der Waals surface area contributed by atoms with Crippen molar-refractivity contribution in [1.82, 2.24) is 4.98 Å². The molecule has 1 fully saturated rings. The van der Waals surface area contributed by atoms with Crippen molar-refractivity contribution in [1.29, 1.82) is 5.26 Å². The van der Waals surface area contributed by atoms with Crippen molar-refractivity contribution >= 4 is 21.7 Å². The molecular weight excluding hydrogens is 258 g/mol. The molecule has 0 aromatic carbocycles. The van der Waals surface area contributed by atoms with Gasteiger partial charge < -0.3 is 10.1 Å². The third-order valence-electron chi connectivity index (χ3n) is 2.25. The highest BCUT2D eigenvalue weighted by Crippen LogP contribution is 2.19. The number of aromatic nitrogens is 1. The van der Waals surface area contributed by atoms with Crippen LogP contribution in [-0.2, 0) is 4.74 Å². The van der Waals surface area contributed by atoms with Gasteiger partial charge in [0.05, 0.1) is 18.2 Å². The fraction of sp³-hybridized carbons (Fsp3) is 0.400. The Morgan fingerprint density at radius 2 is 2.53 bits per heavy atom. The molecule has 0 amide bonds. The van der Waals surface area contributed by atoms with Crippen LogP contribution in [0.25, 0.3) is 0 Å². The molecule has 0 aliphatic carbocycles. The number of anilines is 1. The maximum Gasteiger partial charge on any atom is 0.144 e. The van der Waals surface area contributed by atoms with Gasteiger partial charge in [-0.2, -0.15) is 5.26 Å². The van der Waals surface area contributed by atoms with E-state index in [1.54, 1.807) is 12.3 Å². The van der Waals surface area contributed by atoms with Gasteiger partial charge in [0.25, 0.3) is 0 Å². The van der Waals surface area contributed by atoms with E-state index in [0.29, 0.717) is 18.0 Å². The quantitative estimate of drug-likeness (QED) is 0.890. The second-order valence-electron chi connectivity index (χ2n) is 3.37. The van der Waals surface area contributed by atoms with Crippen LogP contribution in [0.2, 0.25) is 0 Å². The van der Waals surface area contributed by atoms with Crippen LogP contribution in [0.5, 0.6) is 0 Å². The number of nitriles is 1. The summed E-state index contributed by atoms with van der Waals surface area (Å²) in [5.41, 5.74) is 0.552. The first-order chi connectivity index (χ1) is 7.29. The van der Waals surface area contributed by atoms with E-state index >= 15 is 0 Å². The van der Waals surface area contributed by atoms with Crippen molar-refractivity contribution in [3.63, 3.8) is 0 Å². The van der Waals surface area contributed by atoms with E-state index in [4.69, 9.17) is 10.00 Å². The van der Waals surface area contributed by atoms with Gasteiger partial charge in [-0.05, 0) is 28.4 Å². The summed E-state index contributed by atoms with van der Waals surface area (Å²) in [6.07, 6.45) is 2.64. The Balaban J connectivity index is 2.16. The van der Waals surface area contributed by atoms with E-state index in [-0.39, 0.29) is 6.04 Å². The van der Waals surface area contributed by atoms with Crippen molar-refractivity contribution in [2.45, 2.75) is 12.5 Å². The van der Waals surface area contributed by atoms with Crippen LogP contribution in [0.4, 0.5) is 5.82 Å². The van der Waals surface area contributed by atoms with E-state index in [9.17, 15) is 0 Å². The molecule has 1 saturated heterocycles. The van der Waals surface area contributed by atoms with Gasteiger partial charge in [0.2, 0.25) is 0 Å². The summed E-state index contributed by atoms with van der Waals surface area (Å²) in [6, 6.07) is 4.14. The van der Waals surface area contributed by atoms with Gasteiger partial charge in [0.1, 0.15) is 11.9 Å².